The molecule has 0 N–H and O–H groups in total. The lowest BCUT2D eigenvalue weighted by Gasteiger charge is -2.41. The van der Waals surface area contributed by atoms with Crippen LogP contribution in [0.1, 0.15) is 30.9 Å². The van der Waals surface area contributed by atoms with Gasteiger partial charge >= 0.3 is 0 Å². The lowest BCUT2D eigenvalue weighted by Crippen LogP contribution is -2.50. The summed E-state index contributed by atoms with van der Waals surface area (Å²) in [6.07, 6.45) is 3.32. The maximum Gasteiger partial charge on any atom is 0.236 e. The van der Waals surface area contributed by atoms with Crippen LogP contribution in [-0.4, -0.2) is 79.1 Å². The summed E-state index contributed by atoms with van der Waals surface area (Å²) in [5.41, 5.74) is 2.83. The molecule has 0 spiro atoms. The Balaban J connectivity index is 1.24. The Morgan fingerprint density at radius 1 is 1.07 bits per heavy atom. The molecule has 0 saturated carbocycles. The summed E-state index contributed by atoms with van der Waals surface area (Å²) in [6, 6.07) is 9.23. The highest BCUT2D eigenvalue weighted by molar-refractivity contribution is 5.78. The third-order valence-corrected chi connectivity index (χ3v) is 6.76. The van der Waals surface area contributed by atoms with Crippen molar-refractivity contribution in [1.82, 2.24) is 14.7 Å². The van der Waals surface area contributed by atoms with Gasteiger partial charge in [0.1, 0.15) is 0 Å². The standard InChI is InChI=1S/C22H33N3O2/c1-18(24-12-14-27-15-13-24)19-7-10-25(11-8-19)22(26)17-23-9-6-20-4-2-3-5-21(20)16-23/h2-5,18-19H,6-17H2,1H3. The van der Waals surface area contributed by atoms with E-state index in [1.54, 1.807) is 0 Å². The lowest BCUT2D eigenvalue weighted by molar-refractivity contribution is -0.134. The minimum Gasteiger partial charge on any atom is -0.379 e. The van der Waals surface area contributed by atoms with Crippen LogP contribution in [0.4, 0.5) is 0 Å². The predicted molar refractivity (Wildman–Crippen MR) is 107 cm³/mol. The summed E-state index contributed by atoms with van der Waals surface area (Å²) < 4.78 is 5.48. The van der Waals surface area contributed by atoms with Gasteiger partial charge in [-0.3, -0.25) is 14.6 Å². The molecule has 0 aromatic heterocycles. The molecule has 0 radical (unpaired) electrons. The first-order chi connectivity index (χ1) is 13.2. The number of nitrogens with zero attached hydrogens (tertiary/aromatic N) is 3. The van der Waals surface area contributed by atoms with Crippen molar-refractivity contribution in [2.24, 2.45) is 5.92 Å². The maximum atomic E-state index is 12.8. The number of rotatable bonds is 4. The van der Waals surface area contributed by atoms with Crippen molar-refractivity contribution in [3.8, 4) is 0 Å². The van der Waals surface area contributed by atoms with Gasteiger partial charge in [0.25, 0.3) is 0 Å². The van der Waals surface area contributed by atoms with Gasteiger partial charge in [-0.2, -0.15) is 0 Å². The number of benzene rings is 1. The Morgan fingerprint density at radius 2 is 1.78 bits per heavy atom. The number of hydrogen-bond donors (Lipinski definition) is 0. The summed E-state index contributed by atoms with van der Waals surface area (Å²) in [7, 11) is 0. The first-order valence-corrected chi connectivity index (χ1v) is 10.6. The average molecular weight is 372 g/mol. The third kappa shape index (κ3) is 4.53. The van der Waals surface area contributed by atoms with E-state index < -0.39 is 0 Å². The molecule has 1 aromatic carbocycles. The number of fused-ring (bicyclic) bond motifs is 1. The van der Waals surface area contributed by atoms with E-state index >= 15 is 0 Å². The molecule has 1 aromatic rings. The van der Waals surface area contributed by atoms with Crippen molar-refractivity contribution >= 4 is 5.91 Å². The van der Waals surface area contributed by atoms with Crippen molar-refractivity contribution in [2.75, 3.05) is 52.5 Å². The molecule has 148 valence electrons. The van der Waals surface area contributed by atoms with Crippen molar-refractivity contribution in [3.63, 3.8) is 0 Å². The van der Waals surface area contributed by atoms with E-state index in [0.29, 0.717) is 24.4 Å². The van der Waals surface area contributed by atoms with Crippen LogP contribution >= 0.6 is 0 Å². The van der Waals surface area contributed by atoms with Gasteiger partial charge in [0.05, 0.1) is 19.8 Å². The van der Waals surface area contributed by atoms with Gasteiger partial charge < -0.3 is 9.64 Å². The third-order valence-electron chi connectivity index (χ3n) is 6.76. The number of morpholine rings is 1. The molecule has 0 bridgehead atoms. The first-order valence-electron chi connectivity index (χ1n) is 10.6. The Kier molecular flexibility index (Phi) is 6.11. The molecule has 5 heteroatoms. The zero-order chi connectivity index (χ0) is 18.6. The minimum atomic E-state index is 0.312. The van der Waals surface area contributed by atoms with Crippen molar-refractivity contribution < 1.29 is 9.53 Å². The van der Waals surface area contributed by atoms with Crippen LogP contribution in [0.5, 0.6) is 0 Å². The highest BCUT2D eigenvalue weighted by Gasteiger charge is 2.30. The lowest BCUT2D eigenvalue weighted by atomic mass is 9.89. The molecule has 5 nitrogen and oxygen atoms in total. The van der Waals surface area contributed by atoms with Crippen LogP contribution in [-0.2, 0) is 22.5 Å². The second kappa shape index (κ2) is 8.72. The number of ether oxygens (including phenoxy) is 1. The van der Waals surface area contributed by atoms with Crippen LogP contribution in [0.25, 0.3) is 0 Å². The predicted octanol–water partition coefficient (Wildman–Crippen LogP) is 2.00. The Labute approximate surface area is 163 Å². The van der Waals surface area contributed by atoms with Crippen LogP contribution in [0.15, 0.2) is 24.3 Å². The molecule has 27 heavy (non-hydrogen) atoms. The summed E-state index contributed by atoms with van der Waals surface area (Å²) in [5.74, 6) is 1.01. The van der Waals surface area contributed by atoms with Crippen LogP contribution in [0.2, 0.25) is 0 Å². The summed E-state index contributed by atoms with van der Waals surface area (Å²) in [4.78, 5) is 19.8. The normalized spacial score (nSPS) is 23.8. The number of carbonyl (C=O) groups excluding carboxylic acids is 1. The highest BCUT2D eigenvalue weighted by atomic mass is 16.5. The Morgan fingerprint density at radius 3 is 2.52 bits per heavy atom. The smallest absolute Gasteiger partial charge is 0.236 e. The van der Waals surface area contributed by atoms with Crippen molar-refractivity contribution in [1.29, 1.82) is 0 Å². The van der Waals surface area contributed by atoms with Crippen molar-refractivity contribution in [2.45, 2.75) is 38.8 Å². The zero-order valence-electron chi connectivity index (χ0n) is 16.6. The number of likely N-dealkylation sites (tertiary alicyclic amines) is 1. The van der Waals surface area contributed by atoms with E-state index in [4.69, 9.17) is 4.74 Å². The molecule has 1 atom stereocenters. The summed E-state index contributed by atoms with van der Waals surface area (Å²) in [6.45, 7) is 10.5. The molecular weight excluding hydrogens is 338 g/mol. The molecule has 4 rings (SSSR count). The highest BCUT2D eigenvalue weighted by Crippen LogP contribution is 2.25. The molecule has 2 saturated heterocycles. The Bertz CT molecular complexity index is 636. The second-order valence-electron chi connectivity index (χ2n) is 8.34. The maximum absolute atomic E-state index is 12.8. The number of piperidine rings is 1. The van der Waals surface area contributed by atoms with E-state index in [0.717, 1.165) is 71.7 Å². The van der Waals surface area contributed by atoms with Crippen molar-refractivity contribution in [3.05, 3.63) is 35.4 Å². The van der Waals surface area contributed by atoms with E-state index in [1.165, 1.54) is 11.1 Å². The fourth-order valence-electron chi connectivity index (χ4n) is 4.89. The number of hydrogen-bond acceptors (Lipinski definition) is 4. The number of carbonyl (C=O) groups is 1. The molecule has 3 aliphatic rings. The molecule has 3 heterocycles. The van der Waals surface area contributed by atoms with E-state index in [1.807, 2.05) is 0 Å². The summed E-state index contributed by atoms with van der Waals surface area (Å²) in [5, 5.41) is 0. The molecule has 3 aliphatic heterocycles. The molecule has 0 aliphatic carbocycles. The van der Waals surface area contributed by atoms with Gasteiger partial charge in [0.2, 0.25) is 5.91 Å². The second-order valence-corrected chi connectivity index (χ2v) is 8.34. The quantitative estimate of drug-likeness (QED) is 0.811. The molecule has 2 fully saturated rings. The van der Waals surface area contributed by atoms with Gasteiger partial charge in [-0.1, -0.05) is 24.3 Å². The van der Waals surface area contributed by atoms with E-state index in [-0.39, 0.29) is 0 Å². The van der Waals surface area contributed by atoms with E-state index in [9.17, 15) is 4.79 Å². The zero-order valence-corrected chi connectivity index (χ0v) is 16.6. The minimum absolute atomic E-state index is 0.312. The molecular formula is C22H33N3O2. The first kappa shape index (κ1) is 18.9. The van der Waals surface area contributed by atoms with Gasteiger partial charge in [-0.25, -0.2) is 0 Å². The SMILES string of the molecule is CC(C1CCN(C(=O)CN2CCc3ccccc3C2)CC1)N1CCOCC1. The monoisotopic (exact) mass is 371 g/mol. The van der Waals surface area contributed by atoms with Gasteiger partial charge in [-0.15, -0.1) is 0 Å². The van der Waals surface area contributed by atoms with Crippen LogP contribution in [0.3, 0.4) is 0 Å². The van der Waals surface area contributed by atoms with Crippen LogP contribution in [0, 0.1) is 5.92 Å². The number of amides is 1. The summed E-state index contributed by atoms with van der Waals surface area (Å²) >= 11 is 0. The van der Waals surface area contributed by atoms with Crippen LogP contribution < -0.4 is 0 Å². The van der Waals surface area contributed by atoms with Gasteiger partial charge in [0, 0.05) is 45.3 Å². The average Bonchev–Trinajstić information content (AvgIpc) is 2.74. The van der Waals surface area contributed by atoms with Gasteiger partial charge in [0.15, 0.2) is 0 Å². The fourth-order valence-corrected chi connectivity index (χ4v) is 4.89. The topological polar surface area (TPSA) is 36.0 Å². The largest absolute Gasteiger partial charge is 0.379 e. The van der Waals surface area contributed by atoms with Gasteiger partial charge in [-0.05, 0) is 43.2 Å². The fraction of sp³-hybridized carbons (Fsp3) is 0.682. The molecule has 1 amide bonds. The molecule has 1 unspecified atom stereocenters. The van der Waals surface area contributed by atoms with E-state index in [2.05, 4.69) is 45.9 Å². The Hall–Kier alpha value is -1.43.